The monoisotopic (exact) mass is 366 g/mol. The van der Waals surface area contributed by atoms with Crippen molar-refractivity contribution in [3.05, 3.63) is 71.3 Å². The largest absolute Gasteiger partial charge is 0.352 e. The van der Waals surface area contributed by atoms with Crippen molar-refractivity contribution in [1.82, 2.24) is 10.2 Å². The molecule has 0 radical (unpaired) electrons. The minimum absolute atomic E-state index is 0.0216. The van der Waals surface area contributed by atoms with Gasteiger partial charge >= 0.3 is 0 Å². The van der Waals surface area contributed by atoms with E-state index in [0.717, 1.165) is 23.1 Å². The Hall–Kier alpha value is -2.62. The van der Waals surface area contributed by atoms with Gasteiger partial charge in [0.1, 0.15) is 6.04 Å². The number of nitrogens with one attached hydrogen (secondary N) is 1. The number of aryl methyl sites for hydroxylation is 1. The second-order valence-corrected chi connectivity index (χ2v) is 7.27. The third-order valence-electron chi connectivity index (χ3n) is 4.69. The van der Waals surface area contributed by atoms with Crippen molar-refractivity contribution in [2.75, 3.05) is 6.54 Å². The Labute approximate surface area is 162 Å². The molecule has 0 aromatic heterocycles. The summed E-state index contributed by atoms with van der Waals surface area (Å²) in [5.74, 6) is -0.136. The van der Waals surface area contributed by atoms with E-state index in [9.17, 15) is 9.59 Å². The Kier molecular flexibility index (Phi) is 7.59. The van der Waals surface area contributed by atoms with Crippen LogP contribution in [0.3, 0.4) is 0 Å². The average molecular weight is 367 g/mol. The van der Waals surface area contributed by atoms with E-state index in [1.54, 1.807) is 11.8 Å². The lowest BCUT2D eigenvalue weighted by molar-refractivity contribution is -0.139. The summed E-state index contributed by atoms with van der Waals surface area (Å²) in [6.07, 6.45) is 1.03. The van der Waals surface area contributed by atoms with Crippen LogP contribution in [-0.2, 0) is 22.4 Å². The Morgan fingerprint density at radius 3 is 2.22 bits per heavy atom. The maximum Gasteiger partial charge on any atom is 0.242 e. The Bertz CT molecular complexity index is 756. The van der Waals surface area contributed by atoms with Gasteiger partial charge in [-0.25, -0.2) is 0 Å². The van der Waals surface area contributed by atoms with Crippen LogP contribution in [0.15, 0.2) is 54.6 Å². The smallest absolute Gasteiger partial charge is 0.242 e. The van der Waals surface area contributed by atoms with Crippen LogP contribution in [0.5, 0.6) is 0 Å². The molecule has 0 fully saturated rings. The molecule has 0 bridgehead atoms. The van der Waals surface area contributed by atoms with Crippen LogP contribution in [0.2, 0.25) is 0 Å². The second-order valence-electron chi connectivity index (χ2n) is 7.27. The molecule has 1 N–H and O–H groups in total. The number of carbonyl (C=O) groups excluding carboxylic acids is 2. The summed E-state index contributed by atoms with van der Waals surface area (Å²) < 4.78 is 0. The van der Waals surface area contributed by atoms with E-state index in [1.807, 2.05) is 75.4 Å². The fraction of sp³-hybridized carbons (Fsp3) is 0.391. The van der Waals surface area contributed by atoms with Gasteiger partial charge in [0.05, 0.1) is 6.42 Å². The lowest BCUT2D eigenvalue weighted by Gasteiger charge is -2.29. The fourth-order valence-electron chi connectivity index (χ4n) is 3.05. The van der Waals surface area contributed by atoms with Crippen LogP contribution >= 0.6 is 0 Å². The number of carbonyl (C=O) groups is 2. The number of rotatable bonds is 8. The van der Waals surface area contributed by atoms with Crippen LogP contribution in [0.1, 0.15) is 37.5 Å². The standard InChI is InChI=1S/C23H30N2O2/c1-17(2)24-23(27)19(4)25(15-14-20-11-6-5-7-12-20)22(26)16-21-13-9-8-10-18(21)3/h5-13,17,19H,14-16H2,1-4H3,(H,24,27). The minimum Gasteiger partial charge on any atom is -0.352 e. The minimum atomic E-state index is -0.507. The maximum atomic E-state index is 13.1. The van der Waals surface area contributed by atoms with Crippen LogP contribution in [0, 0.1) is 6.92 Å². The van der Waals surface area contributed by atoms with E-state index < -0.39 is 6.04 Å². The molecule has 144 valence electrons. The van der Waals surface area contributed by atoms with Crippen LogP contribution in [0.25, 0.3) is 0 Å². The molecule has 0 spiro atoms. The molecule has 0 aliphatic heterocycles. The predicted octanol–water partition coefficient (Wildman–Crippen LogP) is 3.52. The zero-order valence-corrected chi connectivity index (χ0v) is 16.7. The number of hydrogen-bond donors (Lipinski definition) is 1. The van der Waals surface area contributed by atoms with Crippen molar-refractivity contribution >= 4 is 11.8 Å². The van der Waals surface area contributed by atoms with Gasteiger partial charge in [0.15, 0.2) is 0 Å². The first-order valence-electron chi connectivity index (χ1n) is 9.56. The molecule has 4 nitrogen and oxygen atoms in total. The predicted molar refractivity (Wildman–Crippen MR) is 109 cm³/mol. The highest BCUT2D eigenvalue weighted by Gasteiger charge is 2.26. The normalized spacial score (nSPS) is 11.9. The zero-order chi connectivity index (χ0) is 19.8. The molecule has 2 aromatic rings. The lowest BCUT2D eigenvalue weighted by atomic mass is 10.0. The van der Waals surface area contributed by atoms with Gasteiger partial charge in [-0.3, -0.25) is 9.59 Å². The van der Waals surface area contributed by atoms with E-state index >= 15 is 0 Å². The first kappa shape index (κ1) is 20.7. The van der Waals surface area contributed by atoms with Crippen LogP contribution < -0.4 is 5.32 Å². The first-order valence-corrected chi connectivity index (χ1v) is 9.56. The van der Waals surface area contributed by atoms with E-state index in [0.29, 0.717) is 13.0 Å². The van der Waals surface area contributed by atoms with Gasteiger partial charge in [-0.2, -0.15) is 0 Å². The quantitative estimate of drug-likeness (QED) is 0.777. The van der Waals surface area contributed by atoms with Gasteiger partial charge in [-0.05, 0) is 50.8 Å². The molecule has 27 heavy (non-hydrogen) atoms. The first-order chi connectivity index (χ1) is 12.9. The van der Waals surface area contributed by atoms with Crippen LogP contribution in [0.4, 0.5) is 0 Å². The molecular weight excluding hydrogens is 336 g/mol. The van der Waals surface area contributed by atoms with E-state index in [1.165, 1.54) is 0 Å². The Balaban J connectivity index is 2.15. The Morgan fingerprint density at radius 1 is 0.963 bits per heavy atom. The van der Waals surface area contributed by atoms with Gasteiger partial charge in [0.25, 0.3) is 0 Å². The highest BCUT2D eigenvalue weighted by atomic mass is 16.2. The number of hydrogen-bond acceptors (Lipinski definition) is 2. The van der Waals surface area contributed by atoms with E-state index in [4.69, 9.17) is 0 Å². The molecule has 4 heteroatoms. The number of nitrogens with zero attached hydrogens (tertiary/aromatic N) is 1. The zero-order valence-electron chi connectivity index (χ0n) is 16.7. The highest BCUT2D eigenvalue weighted by Crippen LogP contribution is 2.12. The summed E-state index contributed by atoms with van der Waals surface area (Å²) >= 11 is 0. The van der Waals surface area contributed by atoms with Crippen molar-refractivity contribution in [1.29, 1.82) is 0 Å². The third kappa shape index (κ3) is 6.24. The van der Waals surface area contributed by atoms with Gasteiger partial charge < -0.3 is 10.2 Å². The molecule has 2 amide bonds. The van der Waals surface area contributed by atoms with Crippen molar-refractivity contribution in [2.24, 2.45) is 0 Å². The second kappa shape index (κ2) is 9.91. The maximum absolute atomic E-state index is 13.1. The fourth-order valence-corrected chi connectivity index (χ4v) is 3.05. The van der Waals surface area contributed by atoms with E-state index in [2.05, 4.69) is 5.32 Å². The molecule has 2 rings (SSSR count). The molecule has 0 saturated heterocycles. The number of benzene rings is 2. The molecular formula is C23H30N2O2. The van der Waals surface area contributed by atoms with Crippen molar-refractivity contribution < 1.29 is 9.59 Å². The van der Waals surface area contributed by atoms with Crippen molar-refractivity contribution in [3.63, 3.8) is 0 Å². The molecule has 0 heterocycles. The summed E-state index contributed by atoms with van der Waals surface area (Å²) in [6.45, 7) is 8.17. The average Bonchev–Trinajstić information content (AvgIpc) is 2.64. The molecule has 0 aliphatic rings. The molecule has 2 aromatic carbocycles. The van der Waals surface area contributed by atoms with Crippen LogP contribution in [-0.4, -0.2) is 35.3 Å². The summed E-state index contributed by atoms with van der Waals surface area (Å²) in [5, 5.41) is 2.92. The lowest BCUT2D eigenvalue weighted by Crippen LogP contribution is -2.50. The number of amides is 2. The molecule has 0 saturated carbocycles. The molecule has 1 unspecified atom stereocenters. The van der Waals surface area contributed by atoms with Crippen molar-refractivity contribution in [2.45, 2.75) is 52.6 Å². The summed E-state index contributed by atoms with van der Waals surface area (Å²) in [4.78, 5) is 27.3. The van der Waals surface area contributed by atoms with Gasteiger partial charge in [-0.15, -0.1) is 0 Å². The molecule has 0 aliphatic carbocycles. The Morgan fingerprint density at radius 2 is 1.59 bits per heavy atom. The van der Waals surface area contributed by atoms with Gasteiger partial charge in [0.2, 0.25) is 11.8 Å². The summed E-state index contributed by atoms with van der Waals surface area (Å²) in [7, 11) is 0. The highest BCUT2D eigenvalue weighted by molar-refractivity contribution is 5.88. The molecule has 1 atom stereocenters. The van der Waals surface area contributed by atoms with Gasteiger partial charge in [0, 0.05) is 12.6 Å². The third-order valence-corrected chi connectivity index (χ3v) is 4.69. The van der Waals surface area contributed by atoms with E-state index in [-0.39, 0.29) is 17.9 Å². The summed E-state index contributed by atoms with van der Waals surface area (Å²) in [5.41, 5.74) is 3.25. The SMILES string of the molecule is Cc1ccccc1CC(=O)N(CCc1ccccc1)C(C)C(=O)NC(C)C. The van der Waals surface area contributed by atoms with Gasteiger partial charge in [-0.1, -0.05) is 54.6 Å². The van der Waals surface area contributed by atoms with Crippen molar-refractivity contribution in [3.8, 4) is 0 Å². The summed E-state index contributed by atoms with van der Waals surface area (Å²) in [6, 6.07) is 17.5. The topological polar surface area (TPSA) is 49.4 Å².